The van der Waals surface area contributed by atoms with Crippen molar-refractivity contribution < 1.29 is 9.53 Å². The maximum Gasteiger partial charge on any atom is 0.220 e. The maximum absolute atomic E-state index is 11.5. The molecule has 1 N–H and O–H groups in total. The van der Waals surface area contributed by atoms with E-state index >= 15 is 0 Å². The summed E-state index contributed by atoms with van der Waals surface area (Å²) in [6.07, 6.45) is 3.03. The lowest BCUT2D eigenvalue weighted by molar-refractivity contribution is -0.123. The summed E-state index contributed by atoms with van der Waals surface area (Å²) in [5.74, 6) is 0.565. The molecule has 1 aliphatic rings. The van der Waals surface area contributed by atoms with Gasteiger partial charge in [0.05, 0.1) is 12.1 Å². The highest BCUT2D eigenvalue weighted by atomic mass is 16.5. The first-order valence-electron chi connectivity index (χ1n) is 5.50. The average Bonchev–Trinajstić information content (AvgIpc) is 2.53. The molecule has 0 aromatic rings. The van der Waals surface area contributed by atoms with E-state index in [1.807, 2.05) is 6.92 Å². The minimum Gasteiger partial charge on any atom is -0.376 e. The third-order valence-corrected chi connectivity index (χ3v) is 2.50. The molecule has 3 nitrogen and oxygen atoms in total. The monoisotopic (exact) mass is 199 g/mol. The Morgan fingerprint density at radius 1 is 1.50 bits per heavy atom. The van der Waals surface area contributed by atoms with Crippen molar-refractivity contribution in [3.8, 4) is 0 Å². The molecule has 1 amide bonds. The van der Waals surface area contributed by atoms with E-state index < -0.39 is 0 Å². The summed E-state index contributed by atoms with van der Waals surface area (Å²) in [5, 5.41) is 2.99. The third kappa shape index (κ3) is 3.66. The van der Waals surface area contributed by atoms with Gasteiger partial charge in [-0.25, -0.2) is 0 Å². The summed E-state index contributed by atoms with van der Waals surface area (Å²) < 4.78 is 5.51. The Morgan fingerprint density at radius 3 is 2.71 bits per heavy atom. The van der Waals surface area contributed by atoms with Crippen molar-refractivity contribution in [3.63, 3.8) is 0 Å². The van der Waals surface area contributed by atoms with E-state index in [4.69, 9.17) is 4.74 Å². The summed E-state index contributed by atoms with van der Waals surface area (Å²) in [5.41, 5.74) is 0. The van der Waals surface area contributed by atoms with E-state index in [0.29, 0.717) is 12.3 Å². The van der Waals surface area contributed by atoms with Crippen molar-refractivity contribution in [2.24, 2.45) is 5.92 Å². The quantitative estimate of drug-likeness (QED) is 0.748. The highest BCUT2D eigenvalue weighted by Gasteiger charge is 2.23. The molecule has 1 heterocycles. The molecule has 0 unspecified atom stereocenters. The normalized spacial score (nSPS) is 23.9. The fourth-order valence-electron chi connectivity index (χ4n) is 1.77. The van der Waals surface area contributed by atoms with Crippen LogP contribution >= 0.6 is 0 Å². The first-order valence-corrected chi connectivity index (χ1v) is 5.50. The molecule has 1 aliphatic heterocycles. The first-order chi connectivity index (χ1) is 6.59. The van der Waals surface area contributed by atoms with E-state index in [9.17, 15) is 4.79 Å². The number of hydrogen-bond acceptors (Lipinski definition) is 2. The van der Waals surface area contributed by atoms with Crippen LogP contribution in [-0.4, -0.2) is 24.7 Å². The number of hydrogen-bond donors (Lipinski definition) is 1. The Balaban J connectivity index is 2.24. The van der Waals surface area contributed by atoms with Crippen molar-refractivity contribution in [3.05, 3.63) is 0 Å². The van der Waals surface area contributed by atoms with Crippen LogP contribution in [0.4, 0.5) is 0 Å². The lowest BCUT2D eigenvalue weighted by Crippen LogP contribution is -2.41. The smallest absolute Gasteiger partial charge is 0.220 e. The first kappa shape index (κ1) is 11.5. The third-order valence-electron chi connectivity index (χ3n) is 2.50. The fourth-order valence-corrected chi connectivity index (χ4v) is 1.77. The zero-order chi connectivity index (χ0) is 10.6. The van der Waals surface area contributed by atoms with Crippen LogP contribution in [0.3, 0.4) is 0 Å². The number of amides is 1. The average molecular weight is 199 g/mol. The van der Waals surface area contributed by atoms with Crippen molar-refractivity contribution in [1.29, 1.82) is 0 Å². The van der Waals surface area contributed by atoms with Gasteiger partial charge < -0.3 is 10.1 Å². The van der Waals surface area contributed by atoms with Crippen molar-refractivity contribution in [2.45, 2.75) is 52.2 Å². The Hall–Kier alpha value is -0.570. The molecule has 1 saturated heterocycles. The summed E-state index contributed by atoms with van der Waals surface area (Å²) in [6.45, 7) is 6.97. The molecule has 2 atom stereocenters. The van der Waals surface area contributed by atoms with Gasteiger partial charge in [-0.3, -0.25) is 4.79 Å². The second-order valence-corrected chi connectivity index (χ2v) is 4.51. The van der Waals surface area contributed by atoms with Gasteiger partial charge in [-0.2, -0.15) is 0 Å². The van der Waals surface area contributed by atoms with Crippen LogP contribution in [0, 0.1) is 5.92 Å². The Bertz CT molecular complexity index is 186. The zero-order valence-electron chi connectivity index (χ0n) is 9.38. The summed E-state index contributed by atoms with van der Waals surface area (Å²) in [6, 6.07) is 0.156. The topological polar surface area (TPSA) is 38.3 Å². The molecule has 0 aromatic heterocycles. The molecule has 0 saturated carbocycles. The van der Waals surface area contributed by atoms with E-state index in [0.717, 1.165) is 19.4 Å². The number of carbonyl (C=O) groups excluding carboxylic acids is 1. The van der Waals surface area contributed by atoms with Crippen molar-refractivity contribution >= 4 is 5.91 Å². The second kappa shape index (κ2) is 5.35. The van der Waals surface area contributed by atoms with Crippen LogP contribution in [0.1, 0.15) is 40.0 Å². The fraction of sp³-hybridized carbons (Fsp3) is 0.909. The van der Waals surface area contributed by atoms with E-state index in [2.05, 4.69) is 19.2 Å². The number of ether oxygens (including phenoxy) is 1. The van der Waals surface area contributed by atoms with Crippen LogP contribution in [0.15, 0.2) is 0 Å². The Labute approximate surface area is 86.2 Å². The van der Waals surface area contributed by atoms with Crippen molar-refractivity contribution in [1.82, 2.24) is 5.32 Å². The maximum atomic E-state index is 11.5. The Morgan fingerprint density at radius 2 is 2.21 bits per heavy atom. The lowest BCUT2D eigenvalue weighted by atomic mass is 10.1. The lowest BCUT2D eigenvalue weighted by Gasteiger charge is -2.20. The Kier molecular flexibility index (Phi) is 4.39. The van der Waals surface area contributed by atoms with Crippen molar-refractivity contribution in [2.75, 3.05) is 6.61 Å². The molecule has 0 spiro atoms. The molecule has 3 heteroatoms. The molecule has 0 radical (unpaired) electrons. The molecule has 0 aliphatic carbocycles. The molecular weight excluding hydrogens is 178 g/mol. The zero-order valence-corrected chi connectivity index (χ0v) is 9.38. The number of nitrogens with one attached hydrogen (secondary N) is 1. The van der Waals surface area contributed by atoms with Gasteiger partial charge in [0.15, 0.2) is 0 Å². The molecule has 0 aromatic carbocycles. The largest absolute Gasteiger partial charge is 0.376 e. The molecule has 14 heavy (non-hydrogen) atoms. The SMILES string of the molecule is CC(C)CC(=O)N[C@H](C)[C@H]1CCCO1. The predicted octanol–water partition coefficient (Wildman–Crippen LogP) is 1.72. The summed E-state index contributed by atoms with van der Waals surface area (Å²) in [4.78, 5) is 11.5. The van der Waals surface area contributed by atoms with E-state index in [-0.39, 0.29) is 18.1 Å². The molecule has 82 valence electrons. The van der Waals surface area contributed by atoms with E-state index in [1.54, 1.807) is 0 Å². The molecule has 1 rings (SSSR count). The van der Waals surface area contributed by atoms with Crippen LogP contribution in [-0.2, 0) is 9.53 Å². The highest BCUT2D eigenvalue weighted by molar-refractivity contribution is 5.76. The summed E-state index contributed by atoms with van der Waals surface area (Å²) >= 11 is 0. The number of carbonyl (C=O) groups is 1. The van der Waals surface area contributed by atoms with Gasteiger partial charge in [0, 0.05) is 13.0 Å². The van der Waals surface area contributed by atoms with E-state index in [1.165, 1.54) is 0 Å². The van der Waals surface area contributed by atoms with Gasteiger partial charge in [0.1, 0.15) is 0 Å². The van der Waals surface area contributed by atoms with Gasteiger partial charge in [-0.15, -0.1) is 0 Å². The molecular formula is C11H21NO2. The van der Waals surface area contributed by atoms with Gasteiger partial charge in [-0.1, -0.05) is 13.8 Å². The minimum absolute atomic E-state index is 0.142. The van der Waals surface area contributed by atoms with Crippen LogP contribution < -0.4 is 5.32 Å². The van der Waals surface area contributed by atoms with Gasteiger partial charge in [-0.05, 0) is 25.7 Å². The molecule has 1 fully saturated rings. The van der Waals surface area contributed by atoms with Gasteiger partial charge >= 0.3 is 0 Å². The second-order valence-electron chi connectivity index (χ2n) is 4.51. The van der Waals surface area contributed by atoms with Crippen LogP contribution in [0.25, 0.3) is 0 Å². The van der Waals surface area contributed by atoms with Gasteiger partial charge in [0.25, 0.3) is 0 Å². The minimum atomic E-state index is 0.142. The van der Waals surface area contributed by atoms with Gasteiger partial charge in [0.2, 0.25) is 5.91 Å². The van der Waals surface area contributed by atoms with Crippen LogP contribution in [0.2, 0.25) is 0 Å². The van der Waals surface area contributed by atoms with Crippen LogP contribution in [0.5, 0.6) is 0 Å². The summed E-state index contributed by atoms with van der Waals surface area (Å²) in [7, 11) is 0. The number of rotatable bonds is 4. The standard InChI is InChI=1S/C11H21NO2/c1-8(2)7-11(13)12-9(3)10-5-4-6-14-10/h8-10H,4-7H2,1-3H3,(H,12,13)/t9-,10-/m1/s1. The highest BCUT2D eigenvalue weighted by Crippen LogP contribution is 2.15. The molecule has 0 bridgehead atoms. The predicted molar refractivity (Wildman–Crippen MR) is 56.0 cm³/mol.